The Hall–Kier alpha value is -1.07. The van der Waals surface area contributed by atoms with Crippen LogP contribution < -0.4 is 0 Å². The quantitative estimate of drug-likeness (QED) is 0.865. The highest BCUT2D eigenvalue weighted by Crippen LogP contribution is 2.29. The first kappa shape index (κ1) is 13.0. The van der Waals surface area contributed by atoms with Gasteiger partial charge in [-0.15, -0.1) is 0 Å². The van der Waals surface area contributed by atoms with Crippen LogP contribution in [0.1, 0.15) is 11.1 Å². The van der Waals surface area contributed by atoms with Crippen molar-refractivity contribution in [2.75, 3.05) is 13.7 Å². The van der Waals surface area contributed by atoms with Crippen LogP contribution in [-0.2, 0) is 17.3 Å². The van der Waals surface area contributed by atoms with Gasteiger partial charge in [-0.05, 0) is 11.6 Å². The van der Waals surface area contributed by atoms with Crippen LogP contribution in [0.5, 0.6) is 0 Å². The predicted octanol–water partition coefficient (Wildman–Crippen LogP) is 2.26. The molecule has 0 radical (unpaired) electrons. The van der Waals surface area contributed by atoms with Gasteiger partial charge in [0, 0.05) is 13.5 Å². The Morgan fingerprint density at radius 1 is 1.38 bits per heavy atom. The van der Waals surface area contributed by atoms with Crippen molar-refractivity contribution in [3.05, 3.63) is 35.4 Å². The Kier molecular flexibility index (Phi) is 4.32. The third kappa shape index (κ3) is 3.83. The lowest BCUT2D eigenvalue weighted by Crippen LogP contribution is -2.17. The van der Waals surface area contributed by atoms with Crippen LogP contribution in [0.2, 0.25) is 0 Å². The molecule has 1 atom stereocenters. The molecule has 0 fully saturated rings. The number of halogens is 3. The van der Waals surface area contributed by atoms with Gasteiger partial charge in [0.2, 0.25) is 0 Å². The Bertz CT molecular complexity index is 336. The first-order chi connectivity index (χ1) is 7.43. The largest absolute Gasteiger partial charge is 0.416 e. The molecule has 5 heteroatoms. The van der Waals surface area contributed by atoms with Gasteiger partial charge in [-0.1, -0.05) is 18.2 Å². The molecule has 0 spiro atoms. The molecule has 1 N–H and O–H groups in total. The molecular formula is C11H13F3O2. The summed E-state index contributed by atoms with van der Waals surface area (Å²) in [6.07, 6.45) is -4.98. The fourth-order valence-corrected chi connectivity index (χ4v) is 1.40. The van der Waals surface area contributed by atoms with Crippen LogP contribution in [0.3, 0.4) is 0 Å². The minimum absolute atomic E-state index is 0.107. The summed E-state index contributed by atoms with van der Waals surface area (Å²) in [6.45, 7) is 0.107. The molecule has 0 saturated heterocycles. The smallest absolute Gasteiger partial charge is 0.390 e. The van der Waals surface area contributed by atoms with Crippen molar-refractivity contribution in [3.63, 3.8) is 0 Å². The first-order valence-electron chi connectivity index (χ1n) is 4.76. The van der Waals surface area contributed by atoms with Gasteiger partial charge in [-0.25, -0.2) is 0 Å². The topological polar surface area (TPSA) is 29.5 Å². The van der Waals surface area contributed by atoms with E-state index in [9.17, 15) is 18.3 Å². The number of rotatable bonds is 4. The maximum atomic E-state index is 12.4. The monoisotopic (exact) mass is 234 g/mol. The summed E-state index contributed by atoms with van der Waals surface area (Å²) < 4.78 is 41.8. The summed E-state index contributed by atoms with van der Waals surface area (Å²) in [5.74, 6) is 0. The second-order valence-corrected chi connectivity index (χ2v) is 3.51. The SMILES string of the molecule is COCC(O)Cc1cccc(C(F)(F)F)c1. The van der Waals surface area contributed by atoms with E-state index in [1.165, 1.54) is 13.2 Å². The fraction of sp³-hybridized carbons (Fsp3) is 0.455. The zero-order valence-electron chi connectivity index (χ0n) is 8.79. The molecule has 0 aliphatic rings. The molecular weight excluding hydrogens is 221 g/mol. The minimum Gasteiger partial charge on any atom is -0.390 e. The van der Waals surface area contributed by atoms with Crippen molar-refractivity contribution in [1.82, 2.24) is 0 Å². The third-order valence-corrected chi connectivity index (χ3v) is 2.08. The molecule has 2 nitrogen and oxygen atoms in total. The van der Waals surface area contributed by atoms with E-state index in [0.717, 1.165) is 12.1 Å². The number of benzene rings is 1. The fourth-order valence-electron chi connectivity index (χ4n) is 1.40. The molecule has 1 unspecified atom stereocenters. The van der Waals surface area contributed by atoms with Gasteiger partial charge >= 0.3 is 6.18 Å². The molecule has 0 saturated carbocycles. The second kappa shape index (κ2) is 5.32. The number of hydrogen-bond acceptors (Lipinski definition) is 2. The highest BCUT2D eigenvalue weighted by molar-refractivity contribution is 5.26. The molecule has 1 aromatic rings. The first-order valence-corrected chi connectivity index (χ1v) is 4.76. The van der Waals surface area contributed by atoms with E-state index in [2.05, 4.69) is 0 Å². The van der Waals surface area contributed by atoms with Gasteiger partial charge in [0.05, 0.1) is 18.3 Å². The summed E-state index contributed by atoms with van der Waals surface area (Å²) in [5.41, 5.74) is -0.256. The molecule has 0 bridgehead atoms. The molecule has 1 rings (SSSR count). The number of hydrogen-bond donors (Lipinski definition) is 1. The lowest BCUT2D eigenvalue weighted by Gasteiger charge is -2.11. The number of alkyl halides is 3. The van der Waals surface area contributed by atoms with Crippen LogP contribution in [0.4, 0.5) is 13.2 Å². The number of ether oxygens (including phenoxy) is 1. The van der Waals surface area contributed by atoms with Gasteiger partial charge < -0.3 is 9.84 Å². The van der Waals surface area contributed by atoms with Gasteiger partial charge in [0.25, 0.3) is 0 Å². The third-order valence-electron chi connectivity index (χ3n) is 2.08. The number of methoxy groups -OCH3 is 1. The van der Waals surface area contributed by atoms with Crippen molar-refractivity contribution in [3.8, 4) is 0 Å². The van der Waals surface area contributed by atoms with Crippen molar-refractivity contribution in [2.24, 2.45) is 0 Å². The normalized spacial score (nSPS) is 13.8. The van der Waals surface area contributed by atoms with Crippen LogP contribution in [-0.4, -0.2) is 24.9 Å². The Morgan fingerprint density at radius 3 is 2.62 bits per heavy atom. The Labute approximate surface area is 91.7 Å². The molecule has 0 heterocycles. The average molecular weight is 234 g/mol. The number of aliphatic hydroxyl groups excluding tert-OH is 1. The zero-order chi connectivity index (χ0) is 12.2. The molecule has 0 amide bonds. The van der Waals surface area contributed by atoms with Gasteiger partial charge in [0.15, 0.2) is 0 Å². The lowest BCUT2D eigenvalue weighted by atomic mass is 10.1. The molecule has 0 aromatic heterocycles. The van der Waals surface area contributed by atoms with E-state index in [0.29, 0.717) is 5.56 Å². The van der Waals surface area contributed by atoms with E-state index in [-0.39, 0.29) is 13.0 Å². The number of aliphatic hydroxyl groups is 1. The summed E-state index contributed by atoms with van der Waals surface area (Å²) in [5, 5.41) is 9.39. The maximum Gasteiger partial charge on any atom is 0.416 e. The molecule has 1 aromatic carbocycles. The van der Waals surface area contributed by atoms with Gasteiger partial charge in [-0.2, -0.15) is 13.2 Å². The van der Waals surface area contributed by atoms with Crippen molar-refractivity contribution < 1.29 is 23.0 Å². The average Bonchev–Trinajstić information content (AvgIpc) is 2.17. The van der Waals surface area contributed by atoms with Crippen molar-refractivity contribution in [2.45, 2.75) is 18.7 Å². The lowest BCUT2D eigenvalue weighted by molar-refractivity contribution is -0.137. The van der Waals surface area contributed by atoms with E-state index in [1.54, 1.807) is 6.07 Å². The minimum atomic E-state index is -4.35. The molecule has 0 aliphatic carbocycles. The van der Waals surface area contributed by atoms with Crippen LogP contribution in [0.25, 0.3) is 0 Å². The zero-order valence-corrected chi connectivity index (χ0v) is 8.79. The molecule has 90 valence electrons. The van der Waals surface area contributed by atoms with Gasteiger partial charge in [-0.3, -0.25) is 0 Å². The van der Waals surface area contributed by atoms with Gasteiger partial charge in [0.1, 0.15) is 0 Å². The van der Waals surface area contributed by atoms with E-state index < -0.39 is 17.8 Å². The van der Waals surface area contributed by atoms with E-state index in [4.69, 9.17) is 4.74 Å². The van der Waals surface area contributed by atoms with Crippen LogP contribution in [0, 0.1) is 0 Å². The summed E-state index contributed by atoms with van der Waals surface area (Å²) in [6, 6.07) is 4.93. The van der Waals surface area contributed by atoms with Crippen molar-refractivity contribution in [1.29, 1.82) is 0 Å². The molecule has 16 heavy (non-hydrogen) atoms. The standard InChI is InChI=1S/C11H13F3O2/c1-16-7-10(15)6-8-3-2-4-9(5-8)11(12,13)14/h2-5,10,15H,6-7H2,1H3. The maximum absolute atomic E-state index is 12.4. The summed E-state index contributed by atoms with van der Waals surface area (Å²) in [7, 11) is 1.43. The van der Waals surface area contributed by atoms with Crippen LogP contribution >= 0.6 is 0 Å². The van der Waals surface area contributed by atoms with Crippen LogP contribution in [0.15, 0.2) is 24.3 Å². The Morgan fingerprint density at radius 2 is 2.06 bits per heavy atom. The summed E-state index contributed by atoms with van der Waals surface area (Å²) >= 11 is 0. The van der Waals surface area contributed by atoms with E-state index >= 15 is 0 Å². The predicted molar refractivity (Wildman–Crippen MR) is 53.0 cm³/mol. The summed E-state index contributed by atoms with van der Waals surface area (Å²) in [4.78, 5) is 0. The second-order valence-electron chi connectivity index (χ2n) is 3.51. The Balaban J connectivity index is 2.75. The highest BCUT2D eigenvalue weighted by atomic mass is 19.4. The molecule has 0 aliphatic heterocycles. The van der Waals surface area contributed by atoms with Crippen molar-refractivity contribution >= 4 is 0 Å². The highest BCUT2D eigenvalue weighted by Gasteiger charge is 2.30. The van der Waals surface area contributed by atoms with E-state index in [1.807, 2.05) is 0 Å².